The molecule has 3 heterocycles. The lowest BCUT2D eigenvalue weighted by molar-refractivity contribution is 0.0776. The molecule has 7 heteroatoms. The smallest absolute Gasteiger partial charge is 0.256 e. The number of halogens is 3. The Kier molecular flexibility index (Phi) is 8.40. The zero-order valence-corrected chi connectivity index (χ0v) is 19.8. The highest BCUT2D eigenvalue weighted by Crippen LogP contribution is 2.29. The third-order valence-electron chi connectivity index (χ3n) is 6.64. The van der Waals surface area contributed by atoms with Crippen molar-refractivity contribution in [1.29, 1.82) is 0 Å². The van der Waals surface area contributed by atoms with Gasteiger partial charge < -0.3 is 9.80 Å². The van der Waals surface area contributed by atoms with Crippen LogP contribution in [-0.4, -0.2) is 48.4 Å². The normalized spacial score (nSPS) is 19.0. The van der Waals surface area contributed by atoms with Gasteiger partial charge in [0.2, 0.25) is 0 Å². The number of rotatable bonds is 4. The summed E-state index contributed by atoms with van der Waals surface area (Å²) >= 11 is 1.71. The van der Waals surface area contributed by atoms with E-state index in [2.05, 4.69) is 29.2 Å². The van der Waals surface area contributed by atoms with Crippen molar-refractivity contribution in [3.63, 3.8) is 0 Å². The van der Waals surface area contributed by atoms with E-state index >= 15 is 0 Å². The second-order valence-corrected chi connectivity index (χ2v) is 9.72. The van der Waals surface area contributed by atoms with E-state index in [0.29, 0.717) is 24.9 Å². The van der Waals surface area contributed by atoms with Crippen LogP contribution in [0.4, 0.5) is 13.2 Å². The van der Waals surface area contributed by atoms with Crippen molar-refractivity contribution in [2.24, 2.45) is 5.92 Å². The SMILES string of the molecule is O=C(c1ccc(F)c(F)c1F)N1CCC(CN2CCC(c3ccccc3)CC2)C1.c1ccsc1. The van der Waals surface area contributed by atoms with Crippen LogP contribution < -0.4 is 0 Å². The minimum Gasteiger partial charge on any atom is -0.338 e. The topological polar surface area (TPSA) is 23.6 Å². The molecular weight excluding hydrogens is 457 g/mol. The standard InChI is InChI=1S/C23H25F3N2O.C4H4S/c24-20-7-6-19(21(25)22(20)26)23(29)28-13-8-16(15-28)14-27-11-9-18(10-12-27)17-4-2-1-3-5-17;1-2-4-5-3-1/h1-7,16,18H,8-15H2;1-4H. The van der Waals surface area contributed by atoms with E-state index in [1.54, 1.807) is 16.2 Å². The van der Waals surface area contributed by atoms with Crippen LogP contribution in [0.5, 0.6) is 0 Å². The summed E-state index contributed by atoms with van der Waals surface area (Å²) in [4.78, 5) is 16.5. The zero-order valence-electron chi connectivity index (χ0n) is 19.0. The van der Waals surface area contributed by atoms with Gasteiger partial charge in [-0.25, -0.2) is 13.2 Å². The molecule has 1 atom stereocenters. The molecule has 2 fully saturated rings. The lowest BCUT2D eigenvalue weighted by Crippen LogP contribution is -2.38. The maximum atomic E-state index is 13.9. The first-order chi connectivity index (χ1) is 16.5. The van der Waals surface area contributed by atoms with Gasteiger partial charge in [0.05, 0.1) is 5.56 Å². The number of piperidine rings is 1. The fourth-order valence-electron chi connectivity index (χ4n) is 4.79. The number of amides is 1. The number of carbonyl (C=O) groups is 1. The van der Waals surface area contributed by atoms with Gasteiger partial charge in [-0.3, -0.25) is 4.79 Å². The maximum Gasteiger partial charge on any atom is 0.256 e. The van der Waals surface area contributed by atoms with E-state index in [-0.39, 0.29) is 0 Å². The first kappa shape index (κ1) is 24.5. The van der Waals surface area contributed by atoms with Gasteiger partial charge in [-0.15, -0.1) is 0 Å². The minimum atomic E-state index is -1.59. The minimum absolute atomic E-state index is 0.320. The average Bonchev–Trinajstić information content (AvgIpc) is 3.59. The molecule has 2 aliphatic rings. The Morgan fingerprint density at radius 1 is 0.853 bits per heavy atom. The number of hydrogen-bond acceptors (Lipinski definition) is 3. The molecule has 3 nitrogen and oxygen atoms in total. The summed E-state index contributed by atoms with van der Waals surface area (Å²) < 4.78 is 40.5. The third kappa shape index (κ3) is 6.07. The van der Waals surface area contributed by atoms with Crippen molar-refractivity contribution in [2.75, 3.05) is 32.7 Å². The fraction of sp³-hybridized carbons (Fsp3) is 0.370. The molecule has 0 spiro atoms. The predicted molar refractivity (Wildman–Crippen MR) is 130 cm³/mol. The van der Waals surface area contributed by atoms with Crippen LogP contribution in [0.2, 0.25) is 0 Å². The summed E-state index contributed by atoms with van der Waals surface area (Å²) in [5, 5.41) is 4.08. The van der Waals surface area contributed by atoms with E-state index in [1.807, 2.05) is 29.0 Å². The van der Waals surface area contributed by atoms with Crippen LogP contribution in [0.3, 0.4) is 0 Å². The Labute approximate surface area is 202 Å². The van der Waals surface area contributed by atoms with Crippen molar-refractivity contribution in [3.8, 4) is 0 Å². The van der Waals surface area contributed by atoms with Crippen LogP contribution in [0.25, 0.3) is 0 Å². The largest absolute Gasteiger partial charge is 0.338 e. The van der Waals surface area contributed by atoms with E-state index in [9.17, 15) is 18.0 Å². The fourth-order valence-corrected chi connectivity index (χ4v) is 5.25. The van der Waals surface area contributed by atoms with E-state index in [1.165, 1.54) is 5.56 Å². The maximum absolute atomic E-state index is 13.9. The number of thiophene rings is 1. The number of nitrogens with zero attached hydrogens (tertiary/aromatic N) is 2. The Bertz CT molecular complexity index is 1040. The Hall–Kier alpha value is -2.64. The molecule has 5 rings (SSSR count). The van der Waals surface area contributed by atoms with E-state index < -0.39 is 28.9 Å². The number of carbonyl (C=O) groups excluding carboxylic acids is 1. The lowest BCUT2D eigenvalue weighted by atomic mass is 9.89. The highest BCUT2D eigenvalue weighted by atomic mass is 32.1. The van der Waals surface area contributed by atoms with Crippen LogP contribution in [0.15, 0.2) is 65.4 Å². The average molecular weight is 487 g/mol. The lowest BCUT2D eigenvalue weighted by Gasteiger charge is -2.33. The van der Waals surface area contributed by atoms with Gasteiger partial charge in [0.25, 0.3) is 5.91 Å². The molecule has 0 bridgehead atoms. The molecule has 2 aromatic carbocycles. The Balaban J connectivity index is 0.000000486. The molecule has 1 unspecified atom stereocenters. The molecule has 2 aliphatic heterocycles. The Morgan fingerprint density at radius 2 is 1.56 bits per heavy atom. The molecule has 0 saturated carbocycles. The third-order valence-corrected chi connectivity index (χ3v) is 7.27. The summed E-state index contributed by atoms with van der Waals surface area (Å²) in [7, 11) is 0. The van der Waals surface area contributed by atoms with Crippen molar-refractivity contribution >= 4 is 17.2 Å². The molecule has 34 heavy (non-hydrogen) atoms. The zero-order chi connectivity index (χ0) is 23.9. The molecule has 0 aliphatic carbocycles. The summed E-state index contributed by atoms with van der Waals surface area (Å²) in [6.45, 7) is 4.01. The van der Waals surface area contributed by atoms with Gasteiger partial charge in [-0.2, -0.15) is 11.3 Å². The summed E-state index contributed by atoms with van der Waals surface area (Å²) in [6.07, 6.45) is 3.09. The van der Waals surface area contributed by atoms with Crippen LogP contribution in [0.1, 0.15) is 41.1 Å². The predicted octanol–water partition coefficient (Wildman–Crippen LogP) is 6.19. The van der Waals surface area contributed by atoms with Crippen molar-refractivity contribution in [2.45, 2.75) is 25.2 Å². The number of benzene rings is 2. The second-order valence-electron chi connectivity index (χ2n) is 8.91. The monoisotopic (exact) mass is 486 g/mol. The molecule has 3 aromatic rings. The van der Waals surface area contributed by atoms with Crippen LogP contribution in [0, 0.1) is 23.4 Å². The van der Waals surface area contributed by atoms with Crippen molar-refractivity contribution in [3.05, 3.63) is 93.9 Å². The molecule has 180 valence electrons. The van der Waals surface area contributed by atoms with Gasteiger partial charge in [0, 0.05) is 19.6 Å². The van der Waals surface area contributed by atoms with Gasteiger partial charge in [0.1, 0.15) is 0 Å². The van der Waals surface area contributed by atoms with Crippen LogP contribution in [-0.2, 0) is 0 Å². The van der Waals surface area contributed by atoms with Crippen molar-refractivity contribution in [1.82, 2.24) is 9.80 Å². The number of likely N-dealkylation sites (tertiary alicyclic amines) is 2. The molecular formula is C27H29F3N2OS. The van der Waals surface area contributed by atoms with Gasteiger partial charge in [-0.1, -0.05) is 42.5 Å². The first-order valence-corrected chi connectivity index (χ1v) is 12.6. The molecule has 0 N–H and O–H groups in total. The first-order valence-electron chi connectivity index (χ1n) is 11.7. The second kappa shape index (κ2) is 11.7. The van der Waals surface area contributed by atoms with E-state index in [0.717, 1.165) is 51.0 Å². The number of hydrogen-bond donors (Lipinski definition) is 0. The highest BCUT2D eigenvalue weighted by molar-refractivity contribution is 7.07. The van der Waals surface area contributed by atoms with Crippen molar-refractivity contribution < 1.29 is 18.0 Å². The summed E-state index contributed by atoms with van der Waals surface area (Å²) in [5.74, 6) is -3.91. The summed E-state index contributed by atoms with van der Waals surface area (Å²) in [5.41, 5.74) is 1.01. The Morgan fingerprint density at radius 3 is 2.21 bits per heavy atom. The van der Waals surface area contributed by atoms with Gasteiger partial charge in [-0.05, 0) is 72.6 Å². The van der Waals surface area contributed by atoms with Gasteiger partial charge >= 0.3 is 0 Å². The molecule has 2 saturated heterocycles. The molecule has 1 aromatic heterocycles. The molecule has 0 radical (unpaired) electrons. The molecule has 1 amide bonds. The van der Waals surface area contributed by atoms with E-state index in [4.69, 9.17) is 0 Å². The quantitative estimate of drug-likeness (QED) is 0.411. The van der Waals surface area contributed by atoms with Gasteiger partial charge in [0.15, 0.2) is 17.5 Å². The summed E-state index contributed by atoms with van der Waals surface area (Å²) in [6, 6.07) is 16.5. The highest BCUT2D eigenvalue weighted by Gasteiger charge is 2.31. The van der Waals surface area contributed by atoms with Crippen LogP contribution >= 0.6 is 11.3 Å².